The summed E-state index contributed by atoms with van der Waals surface area (Å²) in [5, 5.41) is 25.2. The van der Waals surface area contributed by atoms with Crippen molar-refractivity contribution in [1.29, 1.82) is 5.41 Å². The zero-order valence-corrected chi connectivity index (χ0v) is 14.4. The molecular formula is C17H29N5O2. The Morgan fingerprint density at radius 1 is 1.29 bits per heavy atom. The molecule has 1 unspecified atom stereocenters. The summed E-state index contributed by atoms with van der Waals surface area (Å²) in [5.41, 5.74) is 6.39. The van der Waals surface area contributed by atoms with E-state index in [-0.39, 0.29) is 17.9 Å². The van der Waals surface area contributed by atoms with Gasteiger partial charge in [-0.15, -0.1) is 0 Å². The summed E-state index contributed by atoms with van der Waals surface area (Å²) in [6.07, 6.45) is 1.17. The maximum absolute atomic E-state index is 12.4. The zero-order chi connectivity index (χ0) is 17.9. The zero-order valence-electron chi connectivity index (χ0n) is 14.4. The average Bonchev–Trinajstić information content (AvgIpc) is 2.50. The molecule has 1 aromatic rings. The van der Waals surface area contributed by atoms with Crippen LogP contribution in [0.15, 0.2) is 30.3 Å². The number of rotatable bonds is 10. The van der Waals surface area contributed by atoms with Crippen LogP contribution < -0.4 is 21.7 Å². The number of hydrogen-bond donors (Lipinski definition) is 6. The van der Waals surface area contributed by atoms with Crippen molar-refractivity contribution < 1.29 is 9.90 Å². The topological polar surface area (TPSA) is 123 Å². The summed E-state index contributed by atoms with van der Waals surface area (Å²) in [4.78, 5) is 12.4. The number of carbonyl (C=O) groups is 1. The first-order valence-electron chi connectivity index (χ1n) is 8.24. The molecule has 0 saturated carbocycles. The third kappa shape index (κ3) is 8.50. The van der Waals surface area contributed by atoms with Crippen molar-refractivity contribution in [3.8, 4) is 0 Å². The van der Waals surface area contributed by atoms with Gasteiger partial charge in [0.2, 0.25) is 5.91 Å². The second-order valence-electron chi connectivity index (χ2n) is 5.98. The van der Waals surface area contributed by atoms with E-state index in [1.54, 1.807) is 6.92 Å². The lowest BCUT2D eigenvalue weighted by Gasteiger charge is -2.23. The van der Waals surface area contributed by atoms with Gasteiger partial charge < -0.3 is 21.5 Å². The number of aliphatic hydroxyl groups excluding tert-OH is 1. The first-order valence-corrected chi connectivity index (χ1v) is 8.24. The van der Waals surface area contributed by atoms with Crippen LogP contribution >= 0.6 is 0 Å². The monoisotopic (exact) mass is 335 g/mol. The first-order chi connectivity index (χ1) is 11.4. The molecule has 0 aliphatic carbocycles. The van der Waals surface area contributed by atoms with Crippen molar-refractivity contribution in [2.45, 2.75) is 51.4 Å². The van der Waals surface area contributed by atoms with Gasteiger partial charge in [-0.1, -0.05) is 30.3 Å². The van der Waals surface area contributed by atoms with Crippen LogP contribution in [0.1, 0.15) is 32.3 Å². The molecule has 0 spiro atoms. The fourth-order valence-electron chi connectivity index (χ4n) is 2.47. The highest BCUT2D eigenvalue weighted by atomic mass is 16.3. The number of amides is 1. The molecule has 7 N–H and O–H groups in total. The molecule has 1 aromatic carbocycles. The lowest BCUT2D eigenvalue weighted by atomic mass is 10.1. The molecule has 1 rings (SSSR count). The second-order valence-corrected chi connectivity index (χ2v) is 5.98. The van der Waals surface area contributed by atoms with Crippen molar-refractivity contribution in [2.75, 3.05) is 6.54 Å². The lowest BCUT2D eigenvalue weighted by Crippen LogP contribution is -2.50. The fourth-order valence-corrected chi connectivity index (χ4v) is 2.47. The van der Waals surface area contributed by atoms with Gasteiger partial charge in [-0.05, 0) is 38.7 Å². The van der Waals surface area contributed by atoms with Crippen LogP contribution in [0, 0.1) is 5.41 Å². The van der Waals surface area contributed by atoms with Crippen LogP contribution in [0.2, 0.25) is 0 Å². The summed E-state index contributed by atoms with van der Waals surface area (Å²) in [5.74, 6) is -0.224. The number of hydrogen-bond acceptors (Lipinski definition) is 4. The van der Waals surface area contributed by atoms with Crippen molar-refractivity contribution in [2.24, 2.45) is 5.73 Å². The van der Waals surface area contributed by atoms with E-state index in [0.29, 0.717) is 19.4 Å². The SMILES string of the molecule is CC(O)N[C@@H](CCCNC(=N)N)C(=O)N[C@@H](C)Cc1ccccc1. The highest BCUT2D eigenvalue weighted by Gasteiger charge is 2.20. The van der Waals surface area contributed by atoms with Gasteiger partial charge in [0.05, 0.1) is 6.04 Å². The summed E-state index contributed by atoms with van der Waals surface area (Å²) in [6.45, 7) is 4.06. The molecule has 0 saturated heterocycles. The standard InChI is InChI=1S/C17H29N5O2/c1-12(11-14-7-4-3-5-8-14)21-16(24)15(22-13(2)23)9-6-10-20-17(18)19/h3-5,7-8,12-13,15,22-23H,6,9-11H2,1-2H3,(H,21,24)(H4,18,19,20)/t12-,13?,15-/m0/s1. The number of carbonyl (C=O) groups excluding carboxylic acids is 1. The number of guanidine groups is 1. The highest BCUT2D eigenvalue weighted by Crippen LogP contribution is 2.04. The van der Waals surface area contributed by atoms with Crippen LogP contribution in [-0.2, 0) is 11.2 Å². The van der Waals surface area contributed by atoms with Crippen LogP contribution in [0.3, 0.4) is 0 Å². The lowest BCUT2D eigenvalue weighted by molar-refractivity contribution is -0.124. The summed E-state index contributed by atoms with van der Waals surface area (Å²) in [7, 11) is 0. The van der Waals surface area contributed by atoms with Gasteiger partial charge in [-0.3, -0.25) is 15.5 Å². The average molecular weight is 335 g/mol. The molecule has 0 bridgehead atoms. The Labute approximate surface area is 143 Å². The van der Waals surface area contributed by atoms with Gasteiger partial charge in [0, 0.05) is 12.6 Å². The van der Waals surface area contributed by atoms with Crippen molar-refractivity contribution in [3.05, 3.63) is 35.9 Å². The summed E-state index contributed by atoms with van der Waals surface area (Å²) in [6, 6.07) is 9.48. The van der Waals surface area contributed by atoms with E-state index in [1.165, 1.54) is 0 Å². The maximum Gasteiger partial charge on any atom is 0.237 e. The van der Waals surface area contributed by atoms with Crippen LogP contribution in [0.5, 0.6) is 0 Å². The van der Waals surface area contributed by atoms with Crippen molar-refractivity contribution in [1.82, 2.24) is 16.0 Å². The number of benzene rings is 1. The normalized spacial score (nSPS) is 14.5. The summed E-state index contributed by atoms with van der Waals surface area (Å²) >= 11 is 0. The van der Waals surface area contributed by atoms with E-state index in [2.05, 4.69) is 16.0 Å². The molecule has 0 radical (unpaired) electrons. The van der Waals surface area contributed by atoms with E-state index >= 15 is 0 Å². The van der Waals surface area contributed by atoms with Crippen molar-refractivity contribution >= 4 is 11.9 Å². The van der Waals surface area contributed by atoms with E-state index in [0.717, 1.165) is 12.0 Å². The molecule has 0 aromatic heterocycles. The molecular weight excluding hydrogens is 306 g/mol. The van der Waals surface area contributed by atoms with E-state index in [4.69, 9.17) is 11.1 Å². The molecule has 7 nitrogen and oxygen atoms in total. The third-order valence-corrected chi connectivity index (χ3v) is 3.52. The van der Waals surface area contributed by atoms with Gasteiger partial charge in [-0.2, -0.15) is 0 Å². The van der Waals surface area contributed by atoms with Crippen LogP contribution in [0.25, 0.3) is 0 Å². The molecule has 1 amide bonds. The molecule has 7 heteroatoms. The predicted octanol–water partition coefficient (Wildman–Crippen LogP) is 0.294. The molecule has 0 heterocycles. The second kappa shape index (κ2) is 10.6. The van der Waals surface area contributed by atoms with Crippen LogP contribution in [-0.4, -0.2) is 41.8 Å². The quantitative estimate of drug-likeness (QED) is 0.159. The summed E-state index contributed by atoms with van der Waals surface area (Å²) < 4.78 is 0. The molecule has 0 aliphatic rings. The number of nitrogens with one attached hydrogen (secondary N) is 4. The van der Waals surface area contributed by atoms with E-state index in [1.807, 2.05) is 37.3 Å². The molecule has 0 fully saturated rings. The highest BCUT2D eigenvalue weighted by molar-refractivity contribution is 5.82. The van der Waals surface area contributed by atoms with Crippen molar-refractivity contribution in [3.63, 3.8) is 0 Å². The number of nitrogens with two attached hydrogens (primary N) is 1. The Balaban J connectivity index is 2.48. The van der Waals surface area contributed by atoms with Gasteiger partial charge in [0.25, 0.3) is 0 Å². The fraction of sp³-hybridized carbons (Fsp3) is 0.529. The maximum atomic E-state index is 12.4. The van der Waals surface area contributed by atoms with E-state index in [9.17, 15) is 9.90 Å². The number of aliphatic hydroxyl groups is 1. The largest absolute Gasteiger partial charge is 0.379 e. The Kier molecular flexibility index (Phi) is 8.81. The Morgan fingerprint density at radius 2 is 1.96 bits per heavy atom. The molecule has 134 valence electrons. The van der Waals surface area contributed by atoms with E-state index < -0.39 is 12.3 Å². The van der Waals surface area contributed by atoms with Crippen LogP contribution in [0.4, 0.5) is 0 Å². The Bertz CT molecular complexity index is 507. The Hall–Kier alpha value is -2.12. The minimum absolute atomic E-state index is 0.00598. The van der Waals surface area contributed by atoms with Gasteiger partial charge in [0.15, 0.2) is 5.96 Å². The molecule has 0 aliphatic heterocycles. The third-order valence-electron chi connectivity index (χ3n) is 3.52. The predicted molar refractivity (Wildman–Crippen MR) is 95.5 cm³/mol. The Morgan fingerprint density at radius 3 is 2.54 bits per heavy atom. The minimum atomic E-state index is -0.772. The minimum Gasteiger partial charge on any atom is -0.379 e. The molecule has 24 heavy (non-hydrogen) atoms. The van der Waals surface area contributed by atoms with Gasteiger partial charge in [0.1, 0.15) is 6.23 Å². The first kappa shape index (κ1) is 19.9. The molecule has 3 atom stereocenters. The van der Waals surface area contributed by atoms with Gasteiger partial charge >= 0.3 is 0 Å². The van der Waals surface area contributed by atoms with Gasteiger partial charge in [-0.25, -0.2) is 0 Å². The smallest absolute Gasteiger partial charge is 0.237 e.